The van der Waals surface area contributed by atoms with Crippen molar-refractivity contribution in [3.8, 4) is 0 Å². The number of amides is 2. The molecule has 0 bridgehead atoms. The largest absolute Gasteiger partial charge is 0.348 e. The van der Waals surface area contributed by atoms with Crippen LogP contribution in [0.2, 0.25) is 5.02 Å². The third-order valence-electron chi connectivity index (χ3n) is 4.04. The van der Waals surface area contributed by atoms with Crippen molar-refractivity contribution >= 4 is 35.8 Å². The first-order valence-corrected chi connectivity index (χ1v) is 8.56. The van der Waals surface area contributed by atoms with E-state index in [-0.39, 0.29) is 43.4 Å². The number of nitrogens with one attached hydrogen (secondary N) is 2. The average molecular weight is 389 g/mol. The number of halogens is 2. The van der Waals surface area contributed by atoms with E-state index in [1.54, 1.807) is 18.0 Å². The van der Waals surface area contributed by atoms with Crippen molar-refractivity contribution < 1.29 is 9.59 Å². The Morgan fingerprint density at radius 3 is 2.56 bits per heavy atom. The zero-order chi connectivity index (χ0) is 17.5. The first kappa shape index (κ1) is 21.7. The van der Waals surface area contributed by atoms with Gasteiger partial charge in [0.05, 0.1) is 19.1 Å². The van der Waals surface area contributed by atoms with Crippen molar-refractivity contribution in [2.45, 2.75) is 13.0 Å². The second-order valence-corrected chi connectivity index (χ2v) is 6.52. The molecule has 0 spiro atoms. The first-order chi connectivity index (χ1) is 11.5. The van der Waals surface area contributed by atoms with Gasteiger partial charge in [-0.1, -0.05) is 29.8 Å². The number of hydrogen-bond donors (Lipinski definition) is 2. The Labute approximate surface area is 160 Å². The normalized spacial score (nSPS) is 15.4. The summed E-state index contributed by atoms with van der Waals surface area (Å²) < 4.78 is 0. The van der Waals surface area contributed by atoms with Gasteiger partial charge in [0.25, 0.3) is 0 Å². The summed E-state index contributed by atoms with van der Waals surface area (Å²) in [5, 5.41) is 6.77. The van der Waals surface area contributed by atoms with E-state index in [9.17, 15) is 9.59 Å². The van der Waals surface area contributed by atoms with E-state index >= 15 is 0 Å². The minimum Gasteiger partial charge on any atom is -0.348 e. The fourth-order valence-electron chi connectivity index (χ4n) is 2.74. The molecule has 0 radical (unpaired) electrons. The SMILES string of the molecule is CC(NC(=O)CN(C)CC(=O)N1CCNCC1)c1ccccc1Cl.Cl. The molecule has 1 atom stereocenters. The number of nitrogens with zero attached hydrogens (tertiary/aromatic N) is 2. The van der Waals surface area contributed by atoms with Gasteiger partial charge >= 0.3 is 0 Å². The highest BCUT2D eigenvalue weighted by Crippen LogP contribution is 2.21. The van der Waals surface area contributed by atoms with Crippen molar-refractivity contribution in [1.82, 2.24) is 20.4 Å². The van der Waals surface area contributed by atoms with Crippen LogP contribution in [0.5, 0.6) is 0 Å². The highest BCUT2D eigenvalue weighted by molar-refractivity contribution is 6.31. The van der Waals surface area contributed by atoms with Crippen LogP contribution in [-0.2, 0) is 9.59 Å². The number of likely N-dealkylation sites (N-methyl/N-ethyl adjacent to an activating group) is 1. The molecule has 0 aliphatic carbocycles. The molecule has 6 nitrogen and oxygen atoms in total. The van der Waals surface area contributed by atoms with E-state index in [4.69, 9.17) is 11.6 Å². The maximum absolute atomic E-state index is 12.2. The van der Waals surface area contributed by atoms with E-state index in [2.05, 4.69) is 10.6 Å². The van der Waals surface area contributed by atoms with Crippen LogP contribution in [0.4, 0.5) is 0 Å². The minimum atomic E-state index is -0.177. The lowest BCUT2D eigenvalue weighted by molar-refractivity contribution is -0.133. The number of rotatable bonds is 6. The van der Waals surface area contributed by atoms with Crippen molar-refractivity contribution in [1.29, 1.82) is 0 Å². The summed E-state index contributed by atoms with van der Waals surface area (Å²) in [6, 6.07) is 7.27. The minimum absolute atomic E-state index is 0. The quantitative estimate of drug-likeness (QED) is 0.770. The Balaban J connectivity index is 0.00000312. The van der Waals surface area contributed by atoms with Crippen molar-refractivity contribution in [2.75, 3.05) is 46.3 Å². The van der Waals surface area contributed by atoms with E-state index in [0.717, 1.165) is 31.7 Å². The topological polar surface area (TPSA) is 64.7 Å². The Morgan fingerprint density at radius 1 is 1.28 bits per heavy atom. The van der Waals surface area contributed by atoms with Gasteiger partial charge in [-0.05, 0) is 25.6 Å². The molecule has 1 aliphatic heterocycles. The highest BCUT2D eigenvalue weighted by atomic mass is 35.5. The summed E-state index contributed by atoms with van der Waals surface area (Å²) in [5.74, 6) is -0.0658. The zero-order valence-electron chi connectivity index (χ0n) is 14.6. The van der Waals surface area contributed by atoms with E-state index < -0.39 is 0 Å². The number of piperazine rings is 1. The summed E-state index contributed by atoms with van der Waals surface area (Å²) in [6.07, 6.45) is 0. The molecular formula is C17H26Cl2N4O2. The third-order valence-corrected chi connectivity index (χ3v) is 4.38. The summed E-state index contributed by atoms with van der Waals surface area (Å²) in [5.41, 5.74) is 0.882. The molecule has 1 unspecified atom stereocenters. The van der Waals surface area contributed by atoms with Gasteiger partial charge in [-0.2, -0.15) is 0 Å². The van der Waals surface area contributed by atoms with Gasteiger partial charge in [0.15, 0.2) is 0 Å². The molecule has 1 aliphatic rings. The molecule has 1 aromatic rings. The molecule has 1 heterocycles. The van der Waals surface area contributed by atoms with Gasteiger partial charge in [-0.3, -0.25) is 14.5 Å². The molecule has 1 aromatic carbocycles. The Bertz CT molecular complexity index is 580. The second-order valence-electron chi connectivity index (χ2n) is 6.11. The Hall–Kier alpha value is -1.34. The predicted octanol–water partition coefficient (Wildman–Crippen LogP) is 1.30. The van der Waals surface area contributed by atoms with Crippen LogP contribution in [0.15, 0.2) is 24.3 Å². The fraction of sp³-hybridized carbons (Fsp3) is 0.529. The maximum Gasteiger partial charge on any atom is 0.236 e. The van der Waals surface area contributed by atoms with Crippen LogP contribution in [0.25, 0.3) is 0 Å². The molecule has 140 valence electrons. The maximum atomic E-state index is 12.2. The number of hydrogen-bond acceptors (Lipinski definition) is 4. The number of benzene rings is 1. The molecule has 1 saturated heterocycles. The van der Waals surface area contributed by atoms with Gasteiger partial charge in [0.2, 0.25) is 11.8 Å². The van der Waals surface area contributed by atoms with Gasteiger partial charge in [-0.25, -0.2) is 0 Å². The van der Waals surface area contributed by atoms with Crippen LogP contribution in [0, 0.1) is 0 Å². The molecule has 0 aromatic heterocycles. The lowest BCUT2D eigenvalue weighted by Crippen LogP contribution is -2.50. The lowest BCUT2D eigenvalue weighted by Gasteiger charge is -2.29. The third kappa shape index (κ3) is 6.82. The average Bonchev–Trinajstić information content (AvgIpc) is 2.55. The van der Waals surface area contributed by atoms with Crippen molar-refractivity contribution in [3.63, 3.8) is 0 Å². The summed E-state index contributed by atoms with van der Waals surface area (Å²) >= 11 is 6.15. The molecule has 8 heteroatoms. The Morgan fingerprint density at radius 2 is 1.92 bits per heavy atom. The van der Waals surface area contributed by atoms with Gasteiger partial charge in [-0.15, -0.1) is 12.4 Å². The van der Waals surface area contributed by atoms with E-state index in [1.807, 2.05) is 30.0 Å². The standard InChI is InChI=1S/C17H25ClN4O2.ClH/c1-13(14-5-3-4-6-15(14)18)20-16(23)11-21(2)12-17(24)22-9-7-19-8-10-22;/h3-6,13,19H,7-12H2,1-2H3,(H,20,23);1H. The van der Waals surface area contributed by atoms with E-state index in [1.165, 1.54) is 0 Å². The molecule has 25 heavy (non-hydrogen) atoms. The molecule has 2 N–H and O–H groups in total. The second kappa shape index (κ2) is 10.6. The van der Waals surface area contributed by atoms with Gasteiger partial charge < -0.3 is 15.5 Å². The summed E-state index contributed by atoms with van der Waals surface area (Å²) in [7, 11) is 1.78. The van der Waals surface area contributed by atoms with E-state index in [0.29, 0.717) is 5.02 Å². The zero-order valence-corrected chi connectivity index (χ0v) is 16.2. The van der Waals surface area contributed by atoms with Gasteiger partial charge in [0.1, 0.15) is 0 Å². The first-order valence-electron chi connectivity index (χ1n) is 8.18. The summed E-state index contributed by atoms with van der Waals surface area (Å²) in [6.45, 7) is 5.41. The van der Waals surface area contributed by atoms with Crippen LogP contribution in [-0.4, -0.2) is 67.9 Å². The highest BCUT2D eigenvalue weighted by Gasteiger charge is 2.19. The van der Waals surface area contributed by atoms with Crippen LogP contribution >= 0.6 is 24.0 Å². The van der Waals surface area contributed by atoms with Crippen LogP contribution < -0.4 is 10.6 Å². The smallest absolute Gasteiger partial charge is 0.236 e. The predicted molar refractivity (Wildman–Crippen MR) is 102 cm³/mol. The van der Waals surface area contributed by atoms with Gasteiger partial charge in [0, 0.05) is 31.2 Å². The Kier molecular flexibility index (Phi) is 9.21. The molecule has 0 saturated carbocycles. The fourth-order valence-corrected chi connectivity index (χ4v) is 3.04. The monoisotopic (exact) mass is 388 g/mol. The van der Waals surface area contributed by atoms with Crippen LogP contribution in [0.1, 0.15) is 18.5 Å². The molecule has 2 rings (SSSR count). The van der Waals surface area contributed by atoms with Crippen LogP contribution in [0.3, 0.4) is 0 Å². The van der Waals surface area contributed by atoms with Crippen molar-refractivity contribution in [3.05, 3.63) is 34.9 Å². The molecule has 1 fully saturated rings. The molecular weight excluding hydrogens is 363 g/mol. The lowest BCUT2D eigenvalue weighted by atomic mass is 10.1. The van der Waals surface area contributed by atoms with Crippen molar-refractivity contribution in [2.24, 2.45) is 0 Å². The summed E-state index contributed by atoms with van der Waals surface area (Å²) in [4.78, 5) is 27.9. The number of carbonyl (C=O) groups excluding carboxylic acids is 2. The number of carbonyl (C=O) groups is 2. The molecule has 2 amide bonds.